The zero-order chi connectivity index (χ0) is 21.8. The molecule has 1 aromatic carbocycles. The summed E-state index contributed by atoms with van der Waals surface area (Å²) in [6, 6.07) is 11.4. The van der Waals surface area contributed by atoms with Gasteiger partial charge in [0.25, 0.3) is 5.91 Å². The summed E-state index contributed by atoms with van der Waals surface area (Å²) in [5.41, 5.74) is 0.833. The molecule has 1 heterocycles. The molecule has 0 aliphatic carbocycles. The highest BCUT2D eigenvalue weighted by Crippen LogP contribution is 2.18. The van der Waals surface area contributed by atoms with Crippen LogP contribution in [0.1, 0.15) is 57.7 Å². The van der Waals surface area contributed by atoms with Crippen LogP contribution in [0.25, 0.3) is 5.69 Å². The molecule has 1 atom stereocenters. The van der Waals surface area contributed by atoms with Crippen LogP contribution in [-0.2, 0) is 4.74 Å². The lowest BCUT2D eigenvalue weighted by molar-refractivity contribution is 0.0497. The van der Waals surface area contributed by atoms with Crippen molar-refractivity contribution in [3.63, 3.8) is 0 Å². The van der Waals surface area contributed by atoms with Gasteiger partial charge in [0, 0.05) is 12.2 Å². The Labute approximate surface area is 172 Å². The molecular formula is C22H32N4O3. The van der Waals surface area contributed by atoms with Crippen LogP contribution in [0.4, 0.5) is 4.79 Å². The number of benzene rings is 1. The minimum absolute atomic E-state index is 0.0682. The van der Waals surface area contributed by atoms with E-state index in [9.17, 15) is 9.59 Å². The molecule has 2 rings (SSSR count). The van der Waals surface area contributed by atoms with E-state index in [1.54, 1.807) is 31.5 Å². The highest BCUT2D eigenvalue weighted by atomic mass is 16.6. The summed E-state index contributed by atoms with van der Waals surface area (Å²) >= 11 is 0. The largest absolute Gasteiger partial charge is 0.444 e. The van der Waals surface area contributed by atoms with Crippen LogP contribution >= 0.6 is 0 Å². The Morgan fingerprint density at radius 3 is 2.31 bits per heavy atom. The van der Waals surface area contributed by atoms with Gasteiger partial charge in [-0.3, -0.25) is 4.79 Å². The second-order valence-electron chi connectivity index (χ2n) is 8.80. The van der Waals surface area contributed by atoms with Crippen LogP contribution in [0.3, 0.4) is 0 Å². The normalized spacial score (nSPS) is 13.7. The second-order valence-corrected chi connectivity index (χ2v) is 8.80. The molecule has 1 aromatic heterocycles. The van der Waals surface area contributed by atoms with Crippen molar-refractivity contribution in [3.8, 4) is 5.69 Å². The number of carbonyl (C=O) groups excluding carboxylic acids is 2. The van der Waals surface area contributed by atoms with Crippen molar-refractivity contribution in [2.45, 2.75) is 59.6 Å². The molecule has 0 fully saturated rings. The van der Waals surface area contributed by atoms with Crippen LogP contribution < -0.4 is 10.6 Å². The van der Waals surface area contributed by atoms with Crippen molar-refractivity contribution in [1.29, 1.82) is 0 Å². The number of aromatic nitrogens is 2. The number of nitrogens with zero attached hydrogens (tertiary/aromatic N) is 2. The van der Waals surface area contributed by atoms with Gasteiger partial charge in [-0.15, -0.1) is 0 Å². The number of alkyl carbamates (subject to hydrolysis) is 1. The Morgan fingerprint density at radius 2 is 1.76 bits per heavy atom. The van der Waals surface area contributed by atoms with E-state index in [2.05, 4.69) is 15.7 Å². The van der Waals surface area contributed by atoms with Gasteiger partial charge in [0.2, 0.25) is 0 Å². The van der Waals surface area contributed by atoms with Crippen molar-refractivity contribution >= 4 is 12.0 Å². The fourth-order valence-electron chi connectivity index (χ4n) is 2.70. The molecule has 2 aromatic rings. The highest BCUT2D eigenvalue weighted by Gasteiger charge is 2.32. The van der Waals surface area contributed by atoms with E-state index >= 15 is 0 Å². The Kier molecular flexibility index (Phi) is 6.72. The first kappa shape index (κ1) is 22.5. The lowest BCUT2D eigenvalue weighted by Gasteiger charge is -2.35. The highest BCUT2D eigenvalue weighted by molar-refractivity contribution is 5.93. The molecule has 7 nitrogen and oxygen atoms in total. The number of rotatable bonds is 6. The Hall–Kier alpha value is -2.83. The molecule has 0 saturated carbocycles. The van der Waals surface area contributed by atoms with Crippen LogP contribution in [0.5, 0.6) is 0 Å². The number of carbonyl (C=O) groups is 2. The lowest BCUT2D eigenvalue weighted by atomic mass is 9.88. The zero-order valence-corrected chi connectivity index (χ0v) is 18.4. The van der Waals surface area contributed by atoms with Gasteiger partial charge in [-0.1, -0.05) is 32.0 Å². The zero-order valence-electron chi connectivity index (χ0n) is 18.4. The number of amides is 2. The summed E-state index contributed by atoms with van der Waals surface area (Å²) in [4.78, 5) is 24.9. The number of nitrogens with one attached hydrogen (secondary N) is 2. The lowest BCUT2D eigenvalue weighted by Crippen LogP contribution is -2.57. The van der Waals surface area contributed by atoms with E-state index in [0.29, 0.717) is 5.69 Å². The Balaban J connectivity index is 2.12. The quantitative estimate of drug-likeness (QED) is 0.771. The predicted molar refractivity (Wildman–Crippen MR) is 113 cm³/mol. The number of aryl methyl sites for hydroxylation is 1. The van der Waals surface area contributed by atoms with Crippen LogP contribution in [-0.4, -0.2) is 39.5 Å². The summed E-state index contributed by atoms with van der Waals surface area (Å²) in [6.07, 6.45) is -0.511. The molecule has 0 saturated heterocycles. The molecule has 2 N–H and O–H groups in total. The summed E-state index contributed by atoms with van der Waals surface area (Å²) < 4.78 is 7.03. The van der Waals surface area contributed by atoms with Gasteiger partial charge >= 0.3 is 6.09 Å². The van der Waals surface area contributed by atoms with Gasteiger partial charge in [-0.25, -0.2) is 9.48 Å². The fourth-order valence-corrected chi connectivity index (χ4v) is 2.70. The van der Waals surface area contributed by atoms with Gasteiger partial charge < -0.3 is 15.4 Å². The van der Waals surface area contributed by atoms with Crippen LogP contribution in [0, 0.1) is 12.8 Å². The molecule has 0 bridgehead atoms. The van der Waals surface area contributed by atoms with Crippen molar-refractivity contribution in [3.05, 3.63) is 47.8 Å². The van der Waals surface area contributed by atoms with Crippen molar-refractivity contribution < 1.29 is 14.3 Å². The first-order valence-corrected chi connectivity index (χ1v) is 9.83. The summed E-state index contributed by atoms with van der Waals surface area (Å²) in [5.74, 6) is -0.219. The smallest absolute Gasteiger partial charge is 0.407 e. The number of para-hydroxylation sites is 1. The summed E-state index contributed by atoms with van der Waals surface area (Å²) in [6.45, 7) is 13.4. The predicted octanol–water partition coefficient (Wildman–Crippen LogP) is 3.85. The second kappa shape index (κ2) is 8.68. The topological polar surface area (TPSA) is 85.2 Å². The van der Waals surface area contributed by atoms with Crippen LogP contribution in [0.2, 0.25) is 0 Å². The Bertz CT molecular complexity index is 853. The maximum absolute atomic E-state index is 12.9. The molecule has 29 heavy (non-hydrogen) atoms. The van der Waals surface area contributed by atoms with E-state index < -0.39 is 17.2 Å². The first-order chi connectivity index (χ1) is 13.4. The molecule has 0 radical (unpaired) electrons. The van der Waals surface area contributed by atoms with Crippen molar-refractivity contribution in [2.75, 3.05) is 6.54 Å². The van der Waals surface area contributed by atoms with Gasteiger partial charge in [0.15, 0.2) is 5.69 Å². The summed E-state index contributed by atoms with van der Waals surface area (Å²) in [7, 11) is 0. The maximum atomic E-state index is 12.9. The molecule has 158 valence electrons. The third-order valence-electron chi connectivity index (χ3n) is 4.79. The molecule has 0 spiro atoms. The third kappa shape index (κ3) is 6.07. The monoisotopic (exact) mass is 400 g/mol. The van der Waals surface area contributed by atoms with E-state index in [1.165, 1.54) is 0 Å². The fraction of sp³-hybridized carbons (Fsp3) is 0.500. The molecule has 1 unspecified atom stereocenters. The van der Waals surface area contributed by atoms with Crippen molar-refractivity contribution in [1.82, 2.24) is 20.4 Å². The summed E-state index contributed by atoms with van der Waals surface area (Å²) in [5, 5.41) is 10.3. The minimum atomic E-state index is -0.668. The van der Waals surface area contributed by atoms with E-state index in [-0.39, 0.29) is 18.4 Å². The average Bonchev–Trinajstić information content (AvgIpc) is 3.01. The first-order valence-electron chi connectivity index (χ1n) is 9.83. The van der Waals surface area contributed by atoms with Gasteiger partial charge in [0.05, 0.1) is 11.2 Å². The third-order valence-corrected chi connectivity index (χ3v) is 4.79. The molecule has 0 aliphatic rings. The molecule has 2 amide bonds. The minimum Gasteiger partial charge on any atom is -0.444 e. The van der Waals surface area contributed by atoms with Gasteiger partial charge in [-0.2, -0.15) is 5.10 Å². The number of hydrogen-bond donors (Lipinski definition) is 2. The molecule has 7 heteroatoms. The van der Waals surface area contributed by atoms with Crippen LogP contribution in [0.15, 0.2) is 36.4 Å². The maximum Gasteiger partial charge on any atom is 0.407 e. The van der Waals surface area contributed by atoms with Gasteiger partial charge in [-0.05, 0) is 58.7 Å². The number of hydrogen-bond acceptors (Lipinski definition) is 4. The average molecular weight is 401 g/mol. The molecule has 0 aliphatic heterocycles. The molecular weight excluding hydrogens is 368 g/mol. The number of ether oxygens (including phenoxy) is 1. The van der Waals surface area contributed by atoms with E-state index in [0.717, 1.165) is 11.4 Å². The SMILES string of the molecule is Cc1cc(C(=O)NC(C)(CNC(=O)OC(C)(C)C)C(C)C)nn1-c1ccccc1. The standard InChI is InChI=1S/C22H32N4O3/c1-15(2)22(7,14-23-20(28)29-21(4,5)6)24-19(27)18-13-16(3)26(25-18)17-11-9-8-10-12-17/h8-13,15H,14H2,1-7H3,(H,23,28)(H,24,27). The van der Waals surface area contributed by atoms with Crippen molar-refractivity contribution in [2.24, 2.45) is 5.92 Å². The van der Waals surface area contributed by atoms with Gasteiger partial charge in [0.1, 0.15) is 5.60 Å². The van der Waals surface area contributed by atoms with E-state index in [1.807, 2.05) is 58.0 Å². The van der Waals surface area contributed by atoms with E-state index in [4.69, 9.17) is 4.74 Å². The Morgan fingerprint density at radius 1 is 1.14 bits per heavy atom.